The van der Waals surface area contributed by atoms with Gasteiger partial charge < -0.3 is 15.4 Å². The average Bonchev–Trinajstić information content (AvgIpc) is 2.34. The van der Waals surface area contributed by atoms with Gasteiger partial charge in [0.15, 0.2) is 0 Å². The Morgan fingerprint density at radius 2 is 1.91 bits per heavy atom. The molecule has 1 rings (SSSR count). The van der Waals surface area contributed by atoms with E-state index in [1.807, 2.05) is 0 Å². The number of halogens is 1. The first-order valence-electron chi connectivity index (χ1n) is 6.67. The van der Waals surface area contributed by atoms with Crippen LogP contribution in [0.1, 0.15) is 31.9 Å². The van der Waals surface area contributed by atoms with Crippen LogP contribution in [0.4, 0.5) is 14.4 Å². The van der Waals surface area contributed by atoms with Gasteiger partial charge in [-0.2, -0.15) is 8.42 Å². The van der Waals surface area contributed by atoms with Crippen molar-refractivity contribution in [2.75, 3.05) is 12.4 Å². The van der Waals surface area contributed by atoms with Gasteiger partial charge in [0.2, 0.25) is 0 Å². The molecule has 124 valence electrons. The Labute approximate surface area is 130 Å². The number of alkyl carbamates (subject to hydrolysis) is 1. The largest absolute Gasteiger partial charge is 0.444 e. The number of rotatable bonds is 4. The summed E-state index contributed by atoms with van der Waals surface area (Å²) in [4.78, 5) is 11.2. The van der Waals surface area contributed by atoms with Crippen LogP contribution < -0.4 is 10.6 Å². The minimum absolute atomic E-state index is 0.0202. The van der Waals surface area contributed by atoms with E-state index in [0.717, 1.165) is 0 Å². The summed E-state index contributed by atoms with van der Waals surface area (Å²) in [6.45, 7) is 6.71. The minimum atomic E-state index is -4.84. The Bertz CT molecular complexity index is 666. The van der Waals surface area contributed by atoms with Crippen LogP contribution >= 0.6 is 0 Å². The van der Waals surface area contributed by atoms with E-state index in [2.05, 4.69) is 10.6 Å². The predicted octanol–water partition coefficient (Wildman–Crippen LogP) is 2.72. The van der Waals surface area contributed by atoms with Crippen LogP contribution in [0.2, 0.25) is 0 Å². The van der Waals surface area contributed by atoms with Gasteiger partial charge in [0.25, 0.3) is 0 Å². The summed E-state index contributed by atoms with van der Waals surface area (Å²) < 4.78 is 40.8. The molecule has 0 saturated carbocycles. The highest BCUT2D eigenvalue weighted by molar-refractivity contribution is 7.86. The first-order valence-corrected chi connectivity index (χ1v) is 8.05. The van der Waals surface area contributed by atoms with Crippen molar-refractivity contribution in [3.63, 3.8) is 0 Å². The first-order chi connectivity index (χ1) is 9.94. The van der Waals surface area contributed by atoms with E-state index >= 15 is 0 Å². The van der Waals surface area contributed by atoms with Gasteiger partial charge in [-0.05, 0) is 51.0 Å². The summed E-state index contributed by atoms with van der Waals surface area (Å²) in [6, 6.07) is 2.84. The van der Waals surface area contributed by atoms with Crippen LogP contribution in [-0.4, -0.2) is 27.2 Å². The van der Waals surface area contributed by atoms with Crippen molar-refractivity contribution in [3.05, 3.63) is 23.3 Å². The zero-order valence-electron chi connectivity index (χ0n) is 13.3. The van der Waals surface area contributed by atoms with E-state index in [1.165, 1.54) is 13.0 Å². The normalized spacial score (nSPS) is 11.9. The monoisotopic (exact) mass is 332 g/mol. The van der Waals surface area contributed by atoms with Gasteiger partial charge >= 0.3 is 16.3 Å². The molecule has 0 aromatic heterocycles. The van der Waals surface area contributed by atoms with Gasteiger partial charge in [0.05, 0.1) is 0 Å². The third-order valence-electron chi connectivity index (χ3n) is 2.79. The van der Waals surface area contributed by atoms with Crippen molar-refractivity contribution in [3.8, 4) is 0 Å². The zero-order valence-corrected chi connectivity index (χ0v) is 14.1. The Morgan fingerprint density at radius 3 is 2.36 bits per heavy atom. The lowest BCUT2D eigenvalue weighted by Gasteiger charge is -2.20. The molecule has 0 fully saturated rings. The molecule has 22 heavy (non-hydrogen) atoms. The van der Waals surface area contributed by atoms with Crippen molar-refractivity contribution >= 4 is 22.0 Å². The Balaban J connectivity index is 2.99. The van der Waals surface area contributed by atoms with Gasteiger partial charge in [0, 0.05) is 19.3 Å². The average molecular weight is 332 g/mol. The first kappa shape index (κ1) is 18.2. The van der Waals surface area contributed by atoms with Crippen LogP contribution in [0, 0.1) is 6.92 Å². The van der Waals surface area contributed by atoms with E-state index in [1.54, 1.807) is 33.9 Å². The third-order valence-corrected chi connectivity index (χ3v) is 3.74. The SMILES string of the molecule is CNc1cc(CNC(=O)OC(C)(C)C)cc(S(=O)(=O)F)c1C. The molecule has 1 aromatic rings. The summed E-state index contributed by atoms with van der Waals surface area (Å²) in [5.74, 6) is 0. The lowest BCUT2D eigenvalue weighted by Crippen LogP contribution is -2.32. The second kappa shape index (κ2) is 6.51. The zero-order chi connectivity index (χ0) is 17.1. The number of hydrogen-bond acceptors (Lipinski definition) is 5. The van der Waals surface area contributed by atoms with Crippen molar-refractivity contribution in [2.45, 2.75) is 44.7 Å². The van der Waals surface area contributed by atoms with E-state index < -0.39 is 26.8 Å². The van der Waals surface area contributed by atoms with Gasteiger partial charge in [-0.3, -0.25) is 0 Å². The van der Waals surface area contributed by atoms with Crippen molar-refractivity contribution < 1.29 is 21.8 Å². The number of benzene rings is 1. The molecule has 0 aliphatic heterocycles. The molecule has 2 N–H and O–H groups in total. The second-order valence-electron chi connectivity index (χ2n) is 5.81. The molecule has 0 bridgehead atoms. The number of ether oxygens (including phenoxy) is 1. The molecule has 0 heterocycles. The maximum Gasteiger partial charge on any atom is 0.407 e. The molecular weight excluding hydrogens is 311 g/mol. The maximum absolute atomic E-state index is 13.3. The highest BCUT2D eigenvalue weighted by Crippen LogP contribution is 2.26. The number of carbonyl (C=O) groups excluding carboxylic acids is 1. The van der Waals surface area contributed by atoms with Crippen molar-refractivity contribution in [1.82, 2.24) is 5.32 Å². The summed E-state index contributed by atoms with van der Waals surface area (Å²) in [7, 11) is -3.24. The second-order valence-corrected chi connectivity index (χ2v) is 7.13. The van der Waals surface area contributed by atoms with Crippen LogP contribution in [0.25, 0.3) is 0 Å². The molecule has 6 nitrogen and oxygen atoms in total. The quantitative estimate of drug-likeness (QED) is 0.828. The Morgan fingerprint density at radius 1 is 1.32 bits per heavy atom. The standard InChI is InChI=1S/C14H21FN2O4S/c1-9-11(16-5)6-10(7-12(9)22(15,19)20)8-17-13(18)21-14(2,3)4/h6-7,16H,8H2,1-5H3,(H,17,18). The van der Waals surface area contributed by atoms with E-state index in [4.69, 9.17) is 4.74 Å². The molecule has 0 radical (unpaired) electrons. The Hall–Kier alpha value is -1.83. The lowest BCUT2D eigenvalue weighted by molar-refractivity contribution is 0.0523. The van der Waals surface area contributed by atoms with Gasteiger partial charge in [-0.1, -0.05) is 0 Å². The van der Waals surface area contributed by atoms with E-state index in [-0.39, 0.29) is 12.1 Å². The molecular formula is C14H21FN2O4S. The summed E-state index contributed by atoms with van der Waals surface area (Å²) in [5.41, 5.74) is 0.559. The summed E-state index contributed by atoms with van der Waals surface area (Å²) in [6.07, 6.45) is -0.635. The fourth-order valence-corrected chi connectivity index (χ4v) is 2.62. The topological polar surface area (TPSA) is 84.5 Å². The van der Waals surface area contributed by atoms with E-state index in [9.17, 15) is 17.1 Å². The number of amides is 1. The fraction of sp³-hybridized carbons (Fsp3) is 0.500. The van der Waals surface area contributed by atoms with Crippen LogP contribution in [0.3, 0.4) is 0 Å². The third kappa shape index (κ3) is 5.18. The molecule has 1 aromatic carbocycles. The van der Waals surface area contributed by atoms with Gasteiger partial charge in [-0.15, -0.1) is 3.89 Å². The van der Waals surface area contributed by atoms with E-state index in [0.29, 0.717) is 11.3 Å². The molecule has 1 amide bonds. The summed E-state index contributed by atoms with van der Waals surface area (Å²) >= 11 is 0. The molecule has 0 atom stereocenters. The van der Waals surface area contributed by atoms with Crippen molar-refractivity contribution in [2.24, 2.45) is 0 Å². The molecule has 0 aliphatic carbocycles. The van der Waals surface area contributed by atoms with Crippen LogP contribution in [0.5, 0.6) is 0 Å². The Kier molecular flexibility index (Phi) is 5.39. The lowest BCUT2D eigenvalue weighted by atomic mass is 10.1. The van der Waals surface area contributed by atoms with Gasteiger partial charge in [0.1, 0.15) is 10.5 Å². The number of carbonyl (C=O) groups is 1. The molecule has 0 saturated heterocycles. The molecule has 0 aliphatic rings. The molecule has 0 unspecified atom stereocenters. The highest BCUT2D eigenvalue weighted by atomic mass is 32.3. The smallest absolute Gasteiger partial charge is 0.407 e. The number of nitrogens with one attached hydrogen (secondary N) is 2. The van der Waals surface area contributed by atoms with Gasteiger partial charge in [-0.25, -0.2) is 4.79 Å². The summed E-state index contributed by atoms with van der Waals surface area (Å²) in [5, 5.41) is 5.30. The molecule has 8 heteroatoms. The van der Waals surface area contributed by atoms with Crippen LogP contribution in [0.15, 0.2) is 17.0 Å². The predicted molar refractivity (Wildman–Crippen MR) is 82.1 cm³/mol. The van der Waals surface area contributed by atoms with Crippen molar-refractivity contribution in [1.29, 1.82) is 0 Å². The van der Waals surface area contributed by atoms with Crippen LogP contribution in [-0.2, 0) is 21.5 Å². The fourth-order valence-electron chi connectivity index (χ4n) is 1.85. The number of anilines is 1. The molecule has 0 spiro atoms. The number of hydrogen-bond donors (Lipinski definition) is 2. The minimum Gasteiger partial charge on any atom is -0.444 e. The highest BCUT2D eigenvalue weighted by Gasteiger charge is 2.20. The maximum atomic E-state index is 13.3.